The van der Waals surface area contributed by atoms with Crippen LogP contribution in [0.3, 0.4) is 0 Å². The number of hydrogen-bond donors (Lipinski definition) is 0. The average molecular weight is 433 g/mol. The maximum absolute atomic E-state index is 12.8. The summed E-state index contributed by atoms with van der Waals surface area (Å²) in [4.78, 5) is 18.0. The van der Waals surface area contributed by atoms with Crippen molar-refractivity contribution < 1.29 is 27.4 Å². The molecule has 0 fully saturated rings. The SMILES string of the molecule is CCCOc1ccn2c(-c3cc4c(c(OC)c3)C(=O)N(CC(F)(F)F)CC4)cnc2c1. The summed E-state index contributed by atoms with van der Waals surface area (Å²) >= 11 is 0. The fraction of sp³-hybridized carbons (Fsp3) is 0.364. The van der Waals surface area contributed by atoms with Gasteiger partial charge in [-0.15, -0.1) is 0 Å². The lowest BCUT2D eigenvalue weighted by Gasteiger charge is -2.30. The number of aromatic nitrogens is 2. The molecule has 0 spiro atoms. The van der Waals surface area contributed by atoms with Crippen molar-refractivity contribution in [1.82, 2.24) is 14.3 Å². The minimum Gasteiger partial charge on any atom is -0.496 e. The highest BCUT2D eigenvalue weighted by atomic mass is 19.4. The van der Waals surface area contributed by atoms with E-state index in [1.807, 2.05) is 35.7 Å². The molecule has 0 saturated heterocycles. The number of methoxy groups -OCH3 is 1. The van der Waals surface area contributed by atoms with Crippen molar-refractivity contribution in [1.29, 1.82) is 0 Å². The second kappa shape index (κ2) is 8.13. The number of rotatable bonds is 6. The Hall–Kier alpha value is -3.23. The zero-order valence-electron chi connectivity index (χ0n) is 17.2. The number of hydrogen-bond acceptors (Lipinski definition) is 4. The van der Waals surface area contributed by atoms with E-state index in [9.17, 15) is 18.0 Å². The average Bonchev–Trinajstić information content (AvgIpc) is 3.16. The largest absolute Gasteiger partial charge is 0.496 e. The molecule has 1 aromatic carbocycles. The highest BCUT2D eigenvalue weighted by Gasteiger charge is 2.37. The fourth-order valence-corrected chi connectivity index (χ4v) is 3.79. The first-order valence-electron chi connectivity index (χ1n) is 9.98. The summed E-state index contributed by atoms with van der Waals surface area (Å²) in [7, 11) is 1.40. The molecule has 9 heteroatoms. The van der Waals surface area contributed by atoms with Crippen LogP contribution >= 0.6 is 0 Å². The molecule has 0 bridgehead atoms. The lowest BCUT2D eigenvalue weighted by atomic mass is 9.94. The van der Waals surface area contributed by atoms with Crippen LogP contribution in [0.4, 0.5) is 13.2 Å². The van der Waals surface area contributed by atoms with Crippen molar-refractivity contribution >= 4 is 11.6 Å². The second-order valence-corrected chi connectivity index (χ2v) is 7.39. The Morgan fingerprint density at radius 2 is 2.03 bits per heavy atom. The number of pyridine rings is 1. The van der Waals surface area contributed by atoms with Crippen LogP contribution in [-0.4, -0.2) is 53.2 Å². The van der Waals surface area contributed by atoms with E-state index in [1.165, 1.54) is 7.11 Å². The second-order valence-electron chi connectivity index (χ2n) is 7.39. The summed E-state index contributed by atoms with van der Waals surface area (Å²) < 4.78 is 51.4. The molecule has 1 aliphatic heterocycles. The van der Waals surface area contributed by atoms with Gasteiger partial charge in [0, 0.05) is 24.4 Å². The molecule has 6 nitrogen and oxygen atoms in total. The molecule has 3 aromatic rings. The van der Waals surface area contributed by atoms with Gasteiger partial charge in [0.2, 0.25) is 0 Å². The molecule has 0 radical (unpaired) electrons. The summed E-state index contributed by atoms with van der Waals surface area (Å²) in [5.74, 6) is 0.310. The summed E-state index contributed by atoms with van der Waals surface area (Å²) in [5.41, 5.74) is 3.10. The number of ether oxygens (including phenoxy) is 2. The molecule has 0 unspecified atom stereocenters. The van der Waals surface area contributed by atoms with Crippen LogP contribution in [0.15, 0.2) is 36.7 Å². The van der Waals surface area contributed by atoms with E-state index >= 15 is 0 Å². The molecule has 3 heterocycles. The van der Waals surface area contributed by atoms with Gasteiger partial charge in [0.1, 0.15) is 23.7 Å². The van der Waals surface area contributed by atoms with Crippen LogP contribution < -0.4 is 9.47 Å². The number of amides is 1. The Kier molecular flexibility index (Phi) is 5.51. The Morgan fingerprint density at radius 3 is 2.74 bits per heavy atom. The predicted molar refractivity (Wildman–Crippen MR) is 109 cm³/mol. The van der Waals surface area contributed by atoms with Crippen LogP contribution in [0, 0.1) is 0 Å². The van der Waals surface area contributed by atoms with Gasteiger partial charge in [0.05, 0.1) is 31.2 Å². The van der Waals surface area contributed by atoms with E-state index in [-0.39, 0.29) is 17.9 Å². The molecule has 1 aliphatic rings. The number of nitrogens with zero attached hydrogens (tertiary/aromatic N) is 3. The van der Waals surface area contributed by atoms with Gasteiger partial charge in [0.25, 0.3) is 5.91 Å². The predicted octanol–water partition coefficient (Wildman–Crippen LogP) is 4.36. The smallest absolute Gasteiger partial charge is 0.406 e. The standard InChI is InChI=1S/C22H22F3N3O3/c1-3-8-31-16-5-7-28-17(12-26-19(28)11-16)15-9-14-4-6-27(13-22(23,24)25)21(29)20(14)18(10-15)30-2/h5,7,9-12H,3-4,6,8,13H2,1-2H3. The Bertz CT molecular complexity index is 1110. The van der Waals surface area contributed by atoms with Crippen molar-refractivity contribution in [3.8, 4) is 22.8 Å². The van der Waals surface area contributed by atoms with Gasteiger partial charge < -0.3 is 14.4 Å². The highest BCUT2D eigenvalue weighted by Crippen LogP contribution is 2.35. The highest BCUT2D eigenvalue weighted by molar-refractivity contribution is 6.00. The monoisotopic (exact) mass is 433 g/mol. The zero-order chi connectivity index (χ0) is 22.2. The summed E-state index contributed by atoms with van der Waals surface area (Å²) in [6.45, 7) is 1.38. The molecular formula is C22H22F3N3O3. The minimum atomic E-state index is -4.45. The number of halogens is 3. The van der Waals surface area contributed by atoms with E-state index in [0.717, 1.165) is 28.3 Å². The van der Waals surface area contributed by atoms with Crippen molar-refractivity contribution in [2.24, 2.45) is 0 Å². The Labute approximate surface area is 177 Å². The van der Waals surface area contributed by atoms with Crippen LogP contribution in [0.1, 0.15) is 29.3 Å². The van der Waals surface area contributed by atoms with Crippen molar-refractivity contribution in [2.45, 2.75) is 25.9 Å². The van der Waals surface area contributed by atoms with E-state index < -0.39 is 18.6 Å². The summed E-state index contributed by atoms with van der Waals surface area (Å²) in [6.07, 6.45) is 0.327. The Balaban J connectivity index is 1.71. The lowest BCUT2D eigenvalue weighted by Crippen LogP contribution is -2.43. The third-order valence-electron chi connectivity index (χ3n) is 5.18. The van der Waals surface area contributed by atoms with Gasteiger partial charge in [-0.1, -0.05) is 6.92 Å². The van der Waals surface area contributed by atoms with Crippen LogP contribution in [-0.2, 0) is 6.42 Å². The van der Waals surface area contributed by atoms with E-state index in [0.29, 0.717) is 24.2 Å². The third kappa shape index (κ3) is 4.17. The molecular weight excluding hydrogens is 411 g/mol. The maximum atomic E-state index is 12.8. The molecule has 0 aliphatic carbocycles. The number of benzene rings is 1. The van der Waals surface area contributed by atoms with Gasteiger partial charge in [-0.25, -0.2) is 4.98 Å². The number of carbonyl (C=O) groups is 1. The Morgan fingerprint density at radius 1 is 1.23 bits per heavy atom. The van der Waals surface area contributed by atoms with Gasteiger partial charge in [0.15, 0.2) is 0 Å². The van der Waals surface area contributed by atoms with Gasteiger partial charge >= 0.3 is 6.18 Å². The van der Waals surface area contributed by atoms with E-state index in [1.54, 1.807) is 12.3 Å². The first-order chi connectivity index (χ1) is 14.8. The summed E-state index contributed by atoms with van der Waals surface area (Å²) in [6, 6.07) is 7.18. The maximum Gasteiger partial charge on any atom is 0.406 e. The quantitative estimate of drug-likeness (QED) is 0.580. The first-order valence-corrected chi connectivity index (χ1v) is 9.98. The fourth-order valence-electron chi connectivity index (χ4n) is 3.79. The number of fused-ring (bicyclic) bond motifs is 2. The van der Waals surface area contributed by atoms with Crippen molar-refractivity contribution in [3.05, 3.63) is 47.8 Å². The van der Waals surface area contributed by atoms with Gasteiger partial charge in [-0.3, -0.25) is 9.20 Å². The number of imidazole rings is 1. The molecule has 4 rings (SSSR count). The molecule has 1 amide bonds. The van der Waals surface area contributed by atoms with E-state index in [2.05, 4.69) is 4.98 Å². The lowest BCUT2D eigenvalue weighted by molar-refractivity contribution is -0.141. The van der Waals surface area contributed by atoms with Crippen LogP contribution in [0.25, 0.3) is 16.9 Å². The molecule has 0 atom stereocenters. The minimum absolute atomic E-state index is 0.00321. The van der Waals surface area contributed by atoms with Crippen LogP contribution in [0.2, 0.25) is 0 Å². The number of carbonyl (C=O) groups excluding carboxylic acids is 1. The normalized spacial score (nSPS) is 14.1. The first kappa shape index (κ1) is 21.0. The van der Waals surface area contributed by atoms with Gasteiger partial charge in [-0.05, 0) is 36.6 Å². The molecule has 0 saturated carbocycles. The topological polar surface area (TPSA) is 56.1 Å². The number of alkyl halides is 3. The van der Waals surface area contributed by atoms with Gasteiger partial charge in [-0.2, -0.15) is 13.2 Å². The van der Waals surface area contributed by atoms with E-state index in [4.69, 9.17) is 9.47 Å². The molecule has 0 N–H and O–H groups in total. The molecule has 2 aromatic heterocycles. The molecule has 31 heavy (non-hydrogen) atoms. The van der Waals surface area contributed by atoms with Crippen molar-refractivity contribution in [3.63, 3.8) is 0 Å². The molecule has 164 valence electrons. The van der Waals surface area contributed by atoms with Crippen LogP contribution in [0.5, 0.6) is 11.5 Å². The zero-order valence-corrected chi connectivity index (χ0v) is 17.2. The summed E-state index contributed by atoms with van der Waals surface area (Å²) in [5, 5.41) is 0. The van der Waals surface area contributed by atoms with Crippen molar-refractivity contribution in [2.75, 3.05) is 26.8 Å². The third-order valence-corrected chi connectivity index (χ3v) is 5.18.